The Labute approximate surface area is 203 Å². The molecule has 2 amide bonds. The first-order chi connectivity index (χ1) is 17.0. The van der Waals surface area contributed by atoms with E-state index in [0.717, 1.165) is 27.9 Å². The van der Waals surface area contributed by atoms with Crippen LogP contribution in [0.15, 0.2) is 72.9 Å². The summed E-state index contributed by atoms with van der Waals surface area (Å²) in [6.45, 7) is 0.415. The minimum atomic E-state index is -1.05. The number of nitrogens with zero attached hydrogens (tertiary/aromatic N) is 1. The van der Waals surface area contributed by atoms with Crippen LogP contribution in [0.4, 0.5) is 4.79 Å². The number of aliphatic carboxylic acids is 1. The number of alkyl carbamates (subject to hydrolysis) is 1. The molecule has 0 bridgehead atoms. The Kier molecular flexibility index (Phi) is 7.72. The first kappa shape index (κ1) is 23.9. The van der Waals surface area contributed by atoms with Crippen LogP contribution in [0.3, 0.4) is 0 Å². The molecule has 1 atom stereocenters. The Morgan fingerprint density at radius 2 is 1.60 bits per heavy atom. The molecule has 0 aliphatic heterocycles. The number of ether oxygens (including phenoxy) is 1. The number of benzene rings is 2. The number of aromatic nitrogens is 1. The molecule has 180 valence electrons. The second kappa shape index (κ2) is 11.3. The summed E-state index contributed by atoms with van der Waals surface area (Å²) < 4.78 is 5.51. The highest BCUT2D eigenvalue weighted by Crippen LogP contribution is 2.44. The number of hydrogen-bond acceptors (Lipinski definition) is 5. The highest BCUT2D eigenvalue weighted by molar-refractivity contribution is 5.86. The van der Waals surface area contributed by atoms with Crippen LogP contribution in [-0.4, -0.2) is 47.3 Å². The number of nitrogens with one attached hydrogen (secondary N) is 2. The van der Waals surface area contributed by atoms with Crippen molar-refractivity contribution in [2.45, 2.75) is 31.2 Å². The lowest BCUT2D eigenvalue weighted by Gasteiger charge is -2.19. The molecule has 0 saturated carbocycles. The van der Waals surface area contributed by atoms with E-state index in [1.54, 1.807) is 6.20 Å². The van der Waals surface area contributed by atoms with Gasteiger partial charge in [0.25, 0.3) is 0 Å². The zero-order valence-corrected chi connectivity index (χ0v) is 19.1. The average Bonchev–Trinajstić information content (AvgIpc) is 3.19. The Morgan fingerprint density at radius 3 is 2.23 bits per heavy atom. The minimum absolute atomic E-state index is 0.0467. The molecule has 0 fully saturated rings. The van der Waals surface area contributed by atoms with Crippen LogP contribution in [0.25, 0.3) is 11.1 Å². The van der Waals surface area contributed by atoms with Crippen molar-refractivity contribution in [1.29, 1.82) is 0 Å². The molecule has 0 spiro atoms. The third-order valence-electron chi connectivity index (χ3n) is 6.01. The van der Waals surface area contributed by atoms with Gasteiger partial charge in [0.05, 0.1) is 0 Å². The second-order valence-electron chi connectivity index (χ2n) is 8.32. The van der Waals surface area contributed by atoms with Gasteiger partial charge in [-0.15, -0.1) is 0 Å². The highest BCUT2D eigenvalue weighted by atomic mass is 16.5. The van der Waals surface area contributed by atoms with Gasteiger partial charge in [-0.1, -0.05) is 54.6 Å². The van der Waals surface area contributed by atoms with Crippen molar-refractivity contribution >= 4 is 18.0 Å². The van der Waals surface area contributed by atoms with Gasteiger partial charge in [0.15, 0.2) is 0 Å². The molecule has 4 rings (SSSR count). The van der Waals surface area contributed by atoms with Crippen molar-refractivity contribution < 1.29 is 24.2 Å². The van der Waals surface area contributed by atoms with Gasteiger partial charge in [-0.25, -0.2) is 4.79 Å². The second-order valence-corrected chi connectivity index (χ2v) is 8.32. The van der Waals surface area contributed by atoms with Crippen molar-refractivity contribution in [3.05, 3.63) is 89.7 Å². The summed E-state index contributed by atoms with van der Waals surface area (Å²) in [6.07, 6.45) is 1.12. The van der Waals surface area contributed by atoms with E-state index in [1.807, 2.05) is 66.7 Å². The minimum Gasteiger partial charge on any atom is -0.481 e. The molecular formula is C27H27N3O5. The zero-order valence-electron chi connectivity index (χ0n) is 19.1. The summed E-state index contributed by atoms with van der Waals surface area (Å²) >= 11 is 0. The molecule has 2 aromatic carbocycles. The van der Waals surface area contributed by atoms with E-state index in [1.165, 1.54) is 0 Å². The van der Waals surface area contributed by atoms with Crippen molar-refractivity contribution in [2.75, 3.05) is 13.2 Å². The summed E-state index contributed by atoms with van der Waals surface area (Å²) in [5, 5.41) is 14.3. The first-order valence-corrected chi connectivity index (χ1v) is 11.5. The van der Waals surface area contributed by atoms with Crippen LogP contribution in [0.5, 0.6) is 0 Å². The van der Waals surface area contributed by atoms with Gasteiger partial charge in [0.1, 0.15) is 12.6 Å². The van der Waals surface area contributed by atoms with Gasteiger partial charge in [0, 0.05) is 37.2 Å². The fraction of sp³-hybridized carbons (Fsp3) is 0.259. The number of pyridine rings is 1. The molecule has 8 heteroatoms. The monoisotopic (exact) mass is 473 g/mol. The fourth-order valence-corrected chi connectivity index (χ4v) is 4.30. The maximum absolute atomic E-state index is 12.7. The van der Waals surface area contributed by atoms with E-state index in [0.29, 0.717) is 13.0 Å². The Morgan fingerprint density at radius 1 is 0.943 bits per heavy atom. The standard InChI is InChI=1S/C27H27N3O5/c31-25(32)13-12-24(26(33)29-16-14-18-7-5-6-15-28-18)30-27(34)35-17-23-21-10-3-1-8-19(21)20-9-2-4-11-22(20)23/h1-11,15,23-24H,12-14,16-17H2,(H,29,33)(H,30,34)(H,31,32). The van der Waals surface area contributed by atoms with Gasteiger partial charge in [-0.2, -0.15) is 0 Å². The topological polar surface area (TPSA) is 118 Å². The van der Waals surface area contributed by atoms with Crippen LogP contribution in [0, 0.1) is 0 Å². The van der Waals surface area contributed by atoms with Gasteiger partial charge < -0.3 is 20.5 Å². The summed E-state index contributed by atoms with van der Waals surface area (Å²) in [5.41, 5.74) is 5.21. The molecule has 1 aliphatic carbocycles. The number of carboxylic acid groups (broad SMARTS) is 1. The van der Waals surface area contributed by atoms with Crippen LogP contribution in [0.2, 0.25) is 0 Å². The number of carbonyl (C=O) groups excluding carboxylic acids is 2. The highest BCUT2D eigenvalue weighted by Gasteiger charge is 2.30. The summed E-state index contributed by atoms with van der Waals surface area (Å²) in [4.78, 5) is 40.5. The molecule has 35 heavy (non-hydrogen) atoms. The van der Waals surface area contributed by atoms with Crippen LogP contribution in [0.1, 0.15) is 35.6 Å². The quantitative estimate of drug-likeness (QED) is 0.415. The molecule has 8 nitrogen and oxygen atoms in total. The van der Waals surface area contributed by atoms with E-state index in [2.05, 4.69) is 15.6 Å². The normalized spacial score (nSPS) is 12.8. The summed E-state index contributed by atoms with van der Waals surface area (Å²) in [6, 6.07) is 20.5. The molecular weight excluding hydrogens is 446 g/mol. The molecule has 3 N–H and O–H groups in total. The van der Waals surface area contributed by atoms with E-state index in [9.17, 15) is 14.4 Å². The Bertz CT molecular complexity index is 1150. The average molecular weight is 474 g/mol. The van der Waals surface area contributed by atoms with Crippen LogP contribution >= 0.6 is 0 Å². The molecule has 0 saturated heterocycles. The van der Waals surface area contributed by atoms with Crippen molar-refractivity contribution in [3.63, 3.8) is 0 Å². The SMILES string of the molecule is O=C(O)CCC(NC(=O)OCC1c2ccccc2-c2ccccc21)C(=O)NCCc1ccccn1. The first-order valence-electron chi connectivity index (χ1n) is 11.5. The van der Waals surface area contributed by atoms with E-state index >= 15 is 0 Å². The maximum atomic E-state index is 12.7. The smallest absolute Gasteiger partial charge is 0.407 e. The number of fused-ring (bicyclic) bond motifs is 3. The van der Waals surface area contributed by atoms with Crippen LogP contribution in [-0.2, 0) is 20.7 Å². The van der Waals surface area contributed by atoms with E-state index < -0.39 is 24.0 Å². The number of amides is 2. The number of hydrogen-bond donors (Lipinski definition) is 3. The van der Waals surface area contributed by atoms with Crippen molar-refractivity contribution in [1.82, 2.24) is 15.6 Å². The molecule has 3 aromatic rings. The van der Waals surface area contributed by atoms with Gasteiger partial charge in [0.2, 0.25) is 5.91 Å². The summed E-state index contributed by atoms with van der Waals surface area (Å²) in [5.74, 6) is -1.63. The van der Waals surface area contributed by atoms with E-state index in [-0.39, 0.29) is 25.4 Å². The third kappa shape index (κ3) is 6.03. The van der Waals surface area contributed by atoms with E-state index in [4.69, 9.17) is 9.84 Å². The number of carboxylic acids is 1. The summed E-state index contributed by atoms with van der Waals surface area (Å²) in [7, 11) is 0. The lowest BCUT2D eigenvalue weighted by molar-refractivity contribution is -0.137. The fourth-order valence-electron chi connectivity index (χ4n) is 4.30. The lowest BCUT2D eigenvalue weighted by atomic mass is 9.98. The third-order valence-corrected chi connectivity index (χ3v) is 6.01. The van der Waals surface area contributed by atoms with Gasteiger partial charge >= 0.3 is 12.1 Å². The predicted molar refractivity (Wildman–Crippen MR) is 130 cm³/mol. The lowest BCUT2D eigenvalue weighted by Crippen LogP contribution is -2.47. The molecule has 1 aliphatic rings. The number of rotatable bonds is 10. The predicted octanol–water partition coefficient (Wildman–Crippen LogP) is 3.51. The van der Waals surface area contributed by atoms with Crippen molar-refractivity contribution in [3.8, 4) is 11.1 Å². The number of carbonyl (C=O) groups is 3. The van der Waals surface area contributed by atoms with Gasteiger partial charge in [-0.05, 0) is 40.8 Å². The molecule has 1 unspecified atom stereocenters. The van der Waals surface area contributed by atoms with Gasteiger partial charge in [-0.3, -0.25) is 14.6 Å². The Balaban J connectivity index is 1.35. The maximum Gasteiger partial charge on any atom is 0.407 e. The molecule has 1 aromatic heterocycles. The largest absolute Gasteiger partial charge is 0.481 e. The zero-order chi connectivity index (χ0) is 24.6. The van der Waals surface area contributed by atoms with Crippen molar-refractivity contribution in [2.24, 2.45) is 0 Å². The molecule has 0 radical (unpaired) electrons. The Hall–Kier alpha value is -4.20. The molecule has 1 heterocycles. The van der Waals surface area contributed by atoms with Crippen LogP contribution < -0.4 is 10.6 Å².